The van der Waals surface area contributed by atoms with Gasteiger partial charge in [0.25, 0.3) is 0 Å². The Kier molecular flexibility index (Phi) is 7.00. The van der Waals surface area contributed by atoms with E-state index in [2.05, 4.69) is 140 Å². The molecule has 0 saturated heterocycles. The Morgan fingerprint density at radius 1 is 0.392 bits per heavy atom. The summed E-state index contributed by atoms with van der Waals surface area (Å²) in [6.07, 6.45) is 0. The normalized spacial score (nSPS) is 11.5. The highest BCUT2D eigenvalue weighted by Crippen LogP contribution is 2.46. The van der Waals surface area contributed by atoms with Gasteiger partial charge in [0.2, 0.25) is 0 Å². The lowest BCUT2D eigenvalue weighted by Gasteiger charge is -2.14. The van der Waals surface area contributed by atoms with Crippen LogP contribution in [0, 0.1) is 0 Å². The molecule has 0 saturated carbocycles. The van der Waals surface area contributed by atoms with E-state index >= 15 is 0 Å². The van der Waals surface area contributed by atoms with Crippen LogP contribution in [0.1, 0.15) is 0 Å². The standard InChI is InChI=1S/C47H29N3S/c1-3-14-31(15-4-1)40-29-41(50-47(49-40)34-16-5-2-6-17-34)32-25-27-33(28-26-32)45-44-38-20-9-10-24-42(38)51-46(44)43-37(22-12-23-39(43)48-45)36-21-11-18-30-13-7-8-19-35(30)36/h1-29H. The number of fused-ring (bicyclic) bond motifs is 6. The third-order valence-corrected chi connectivity index (χ3v) is 10.9. The van der Waals surface area contributed by atoms with Crippen LogP contribution in [0.15, 0.2) is 176 Å². The van der Waals surface area contributed by atoms with Crippen molar-refractivity contribution in [3.8, 4) is 56.3 Å². The maximum atomic E-state index is 5.45. The Labute approximate surface area is 299 Å². The zero-order valence-electron chi connectivity index (χ0n) is 27.5. The number of thiophene rings is 1. The number of aromatic nitrogens is 3. The summed E-state index contributed by atoms with van der Waals surface area (Å²) in [5.41, 5.74) is 10.4. The Morgan fingerprint density at radius 2 is 0.980 bits per heavy atom. The molecule has 0 N–H and O–H groups in total. The van der Waals surface area contributed by atoms with Crippen LogP contribution in [0.5, 0.6) is 0 Å². The van der Waals surface area contributed by atoms with Crippen LogP contribution in [0.3, 0.4) is 0 Å². The largest absolute Gasteiger partial charge is 0.247 e. The highest BCUT2D eigenvalue weighted by Gasteiger charge is 2.20. The van der Waals surface area contributed by atoms with Crippen LogP contribution in [0.25, 0.3) is 98.1 Å². The number of hydrogen-bond donors (Lipinski definition) is 0. The lowest BCUT2D eigenvalue weighted by atomic mass is 9.93. The van der Waals surface area contributed by atoms with Crippen molar-refractivity contribution in [1.29, 1.82) is 0 Å². The second-order valence-electron chi connectivity index (χ2n) is 12.8. The van der Waals surface area contributed by atoms with Crippen LogP contribution in [0.4, 0.5) is 0 Å². The van der Waals surface area contributed by atoms with Gasteiger partial charge >= 0.3 is 0 Å². The third-order valence-electron chi connectivity index (χ3n) is 9.70. The molecule has 4 heteroatoms. The smallest absolute Gasteiger partial charge is 0.160 e. The Bertz CT molecular complexity index is 2830. The van der Waals surface area contributed by atoms with Gasteiger partial charge in [0.05, 0.1) is 22.6 Å². The second kappa shape index (κ2) is 12.1. The quantitative estimate of drug-likeness (QED) is 0.183. The van der Waals surface area contributed by atoms with E-state index in [0.29, 0.717) is 5.82 Å². The summed E-state index contributed by atoms with van der Waals surface area (Å²) >= 11 is 1.86. The Morgan fingerprint density at radius 3 is 1.76 bits per heavy atom. The van der Waals surface area contributed by atoms with E-state index in [0.717, 1.165) is 44.9 Å². The van der Waals surface area contributed by atoms with E-state index < -0.39 is 0 Å². The van der Waals surface area contributed by atoms with Crippen LogP contribution in [-0.2, 0) is 0 Å². The summed E-state index contributed by atoms with van der Waals surface area (Å²) in [4.78, 5) is 15.5. The van der Waals surface area contributed by atoms with Crippen molar-refractivity contribution >= 4 is 53.2 Å². The summed E-state index contributed by atoms with van der Waals surface area (Å²) in [6.45, 7) is 0. The molecule has 0 spiro atoms. The number of hydrogen-bond acceptors (Lipinski definition) is 4. The van der Waals surface area contributed by atoms with Gasteiger partial charge in [-0.1, -0.05) is 158 Å². The highest BCUT2D eigenvalue weighted by molar-refractivity contribution is 7.26. The molecule has 0 fully saturated rings. The molecular weight excluding hydrogens is 639 g/mol. The van der Waals surface area contributed by atoms with Gasteiger partial charge in [-0.3, -0.25) is 0 Å². The number of benzene rings is 7. The minimum atomic E-state index is 0.709. The van der Waals surface area contributed by atoms with Gasteiger partial charge in [-0.15, -0.1) is 11.3 Å². The summed E-state index contributed by atoms with van der Waals surface area (Å²) in [6, 6.07) is 61.8. The van der Waals surface area contributed by atoms with Crippen molar-refractivity contribution < 1.29 is 0 Å². The lowest BCUT2D eigenvalue weighted by Crippen LogP contribution is -1.96. The molecule has 10 rings (SSSR count). The molecule has 10 aromatic rings. The molecule has 0 bridgehead atoms. The van der Waals surface area contributed by atoms with E-state index in [1.54, 1.807) is 0 Å². The first-order valence-corrected chi connectivity index (χ1v) is 17.9. The first-order chi connectivity index (χ1) is 25.3. The summed E-state index contributed by atoms with van der Waals surface area (Å²) in [5.74, 6) is 0.709. The Hall–Kier alpha value is -6.49. The molecule has 0 atom stereocenters. The predicted octanol–water partition coefficient (Wildman–Crippen LogP) is 12.9. The van der Waals surface area contributed by atoms with Crippen molar-refractivity contribution in [2.24, 2.45) is 0 Å². The van der Waals surface area contributed by atoms with E-state index in [4.69, 9.17) is 15.0 Å². The first-order valence-electron chi connectivity index (χ1n) is 17.1. The van der Waals surface area contributed by atoms with Crippen molar-refractivity contribution in [3.63, 3.8) is 0 Å². The van der Waals surface area contributed by atoms with E-state index in [-0.39, 0.29) is 0 Å². The summed E-state index contributed by atoms with van der Waals surface area (Å²) < 4.78 is 2.52. The molecule has 0 aliphatic carbocycles. The maximum absolute atomic E-state index is 5.45. The zero-order valence-corrected chi connectivity index (χ0v) is 28.3. The van der Waals surface area contributed by atoms with Crippen molar-refractivity contribution in [2.45, 2.75) is 0 Å². The van der Waals surface area contributed by atoms with Gasteiger partial charge in [0.15, 0.2) is 5.82 Å². The van der Waals surface area contributed by atoms with Crippen molar-refractivity contribution in [1.82, 2.24) is 15.0 Å². The number of nitrogens with zero attached hydrogens (tertiary/aromatic N) is 3. The predicted molar refractivity (Wildman–Crippen MR) is 215 cm³/mol. The topological polar surface area (TPSA) is 38.7 Å². The fraction of sp³-hybridized carbons (Fsp3) is 0. The van der Waals surface area contributed by atoms with Gasteiger partial charge in [-0.25, -0.2) is 15.0 Å². The molecule has 3 heterocycles. The molecule has 0 unspecified atom stereocenters. The van der Waals surface area contributed by atoms with Gasteiger partial charge in [0.1, 0.15) is 0 Å². The molecule has 3 aromatic heterocycles. The fourth-order valence-electron chi connectivity index (χ4n) is 7.27. The molecule has 0 radical (unpaired) electrons. The van der Waals surface area contributed by atoms with Crippen molar-refractivity contribution in [3.05, 3.63) is 176 Å². The molecular formula is C47H29N3S. The molecule has 7 aromatic carbocycles. The minimum Gasteiger partial charge on any atom is -0.247 e. The number of pyridine rings is 1. The van der Waals surface area contributed by atoms with E-state index in [1.165, 1.54) is 47.5 Å². The van der Waals surface area contributed by atoms with Crippen LogP contribution in [-0.4, -0.2) is 15.0 Å². The number of rotatable bonds is 5. The zero-order chi connectivity index (χ0) is 33.7. The van der Waals surface area contributed by atoms with Crippen LogP contribution < -0.4 is 0 Å². The van der Waals surface area contributed by atoms with E-state index in [1.807, 2.05) is 47.7 Å². The van der Waals surface area contributed by atoms with Crippen LogP contribution in [0.2, 0.25) is 0 Å². The fourth-order valence-corrected chi connectivity index (χ4v) is 8.54. The molecule has 0 aliphatic rings. The minimum absolute atomic E-state index is 0.709. The first kappa shape index (κ1) is 29.4. The van der Waals surface area contributed by atoms with Crippen LogP contribution >= 0.6 is 11.3 Å². The van der Waals surface area contributed by atoms with Gasteiger partial charge in [0, 0.05) is 47.8 Å². The van der Waals surface area contributed by atoms with Gasteiger partial charge < -0.3 is 0 Å². The average molecular weight is 668 g/mol. The Balaban J connectivity index is 1.16. The SMILES string of the molecule is c1ccc(-c2cc(-c3ccc(-c4nc5cccc(-c6cccc7ccccc67)c5c5sc6ccccc6c45)cc3)nc(-c3ccccc3)n2)cc1. The summed E-state index contributed by atoms with van der Waals surface area (Å²) in [7, 11) is 0. The average Bonchev–Trinajstić information content (AvgIpc) is 3.60. The maximum Gasteiger partial charge on any atom is 0.160 e. The van der Waals surface area contributed by atoms with Gasteiger partial charge in [-0.05, 0) is 40.1 Å². The van der Waals surface area contributed by atoms with E-state index in [9.17, 15) is 0 Å². The molecule has 238 valence electrons. The summed E-state index contributed by atoms with van der Waals surface area (Å²) in [5, 5.41) is 6.11. The molecule has 51 heavy (non-hydrogen) atoms. The lowest BCUT2D eigenvalue weighted by molar-refractivity contribution is 1.18. The highest BCUT2D eigenvalue weighted by atomic mass is 32.1. The second-order valence-corrected chi connectivity index (χ2v) is 13.8. The molecule has 0 amide bonds. The molecule has 0 aliphatic heterocycles. The monoisotopic (exact) mass is 667 g/mol. The van der Waals surface area contributed by atoms with Gasteiger partial charge in [-0.2, -0.15) is 0 Å². The third kappa shape index (κ3) is 5.08. The molecule has 3 nitrogen and oxygen atoms in total. The van der Waals surface area contributed by atoms with Crippen molar-refractivity contribution in [2.75, 3.05) is 0 Å².